The molecule has 0 bridgehead atoms. The summed E-state index contributed by atoms with van der Waals surface area (Å²) in [5.41, 5.74) is 0. The number of hydrogen-bond acceptors (Lipinski definition) is 8. The molecule has 51 heavy (non-hydrogen) atoms. The van der Waals surface area contributed by atoms with Crippen molar-refractivity contribution in [3.8, 4) is 0 Å². The van der Waals surface area contributed by atoms with Crippen LogP contribution in [-0.4, -0.2) is 70.0 Å². The molecule has 0 spiro atoms. The molecule has 0 aliphatic heterocycles. The van der Waals surface area contributed by atoms with Gasteiger partial charge in [-0.15, -0.1) is 0 Å². The van der Waals surface area contributed by atoms with Crippen LogP contribution in [0.4, 0.5) is 0 Å². The number of ether oxygens (including phenoxy) is 2. The van der Waals surface area contributed by atoms with Crippen molar-refractivity contribution in [3.63, 3.8) is 0 Å². The molecule has 0 fully saturated rings. The second kappa shape index (κ2) is 34.8. The molecular weight excluding hydrogens is 665 g/mol. The van der Waals surface area contributed by atoms with Gasteiger partial charge in [0.05, 0.1) is 27.7 Å². The standard InChI is InChI=1S/C41H82NO8P/c1-6-8-10-12-14-16-17-18-19-20-21-22-23-24-25-26-28-29-31-33-40(43)47-37-39(38-49-51(45,46)48-36-35-42(3,4)5)50-41(44)34-32-30-27-15-13-11-9-7-2/h39H,6-38H2,1-5H3/t39-/m0/s1. The Morgan fingerprint density at radius 3 is 1.25 bits per heavy atom. The summed E-state index contributed by atoms with van der Waals surface area (Å²) in [5, 5.41) is 0. The Morgan fingerprint density at radius 1 is 0.529 bits per heavy atom. The number of nitrogens with zero attached hydrogens (tertiary/aromatic N) is 1. The van der Waals surface area contributed by atoms with E-state index in [0.717, 1.165) is 38.5 Å². The van der Waals surface area contributed by atoms with Crippen molar-refractivity contribution in [1.82, 2.24) is 0 Å². The fourth-order valence-electron chi connectivity index (χ4n) is 6.01. The highest BCUT2D eigenvalue weighted by Gasteiger charge is 2.21. The van der Waals surface area contributed by atoms with E-state index in [9.17, 15) is 19.0 Å². The van der Waals surface area contributed by atoms with E-state index in [2.05, 4.69) is 13.8 Å². The first-order chi connectivity index (χ1) is 24.5. The second-order valence-electron chi connectivity index (χ2n) is 15.7. The molecular formula is C41H82NO8P. The molecule has 9 nitrogen and oxygen atoms in total. The van der Waals surface area contributed by atoms with E-state index in [1.807, 2.05) is 21.1 Å². The third-order valence-electron chi connectivity index (χ3n) is 9.38. The topological polar surface area (TPSA) is 111 Å². The number of hydrogen-bond donors (Lipinski definition) is 0. The summed E-state index contributed by atoms with van der Waals surface area (Å²) in [7, 11) is 1.18. The van der Waals surface area contributed by atoms with Gasteiger partial charge in [-0.2, -0.15) is 0 Å². The van der Waals surface area contributed by atoms with Crippen molar-refractivity contribution in [2.75, 3.05) is 47.5 Å². The Hall–Kier alpha value is -0.990. The number of rotatable bonds is 39. The minimum Gasteiger partial charge on any atom is -0.756 e. The molecule has 0 aliphatic rings. The van der Waals surface area contributed by atoms with Gasteiger partial charge < -0.3 is 27.9 Å². The van der Waals surface area contributed by atoms with Gasteiger partial charge in [0.15, 0.2) is 6.10 Å². The van der Waals surface area contributed by atoms with Gasteiger partial charge in [-0.05, 0) is 12.8 Å². The van der Waals surface area contributed by atoms with Gasteiger partial charge in [-0.1, -0.05) is 174 Å². The summed E-state index contributed by atoms with van der Waals surface area (Å²) in [4.78, 5) is 37.3. The van der Waals surface area contributed by atoms with Crippen LogP contribution in [0.1, 0.15) is 200 Å². The summed E-state index contributed by atoms with van der Waals surface area (Å²) in [5.74, 6) is -0.827. The van der Waals surface area contributed by atoms with Gasteiger partial charge in [-0.25, -0.2) is 0 Å². The zero-order valence-electron chi connectivity index (χ0n) is 34.1. The van der Waals surface area contributed by atoms with Crippen LogP contribution in [-0.2, 0) is 32.7 Å². The predicted molar refractivity (Wildman–Crippen MR) is 208 cm³/mol. The predicted octanol–water partition coefficient (Wildman–Crippen LogP) is 11.0. The number of carbonyl (C=O) groups excluding carboxylic acids is 2. The van der Waals surface area contributed by atoms with Gasteiger partial charge >= 0.3 is 11.9 Å². The number of esters is 2. The van der Waals surface area contributed by atoms with E-state index >= 15 is 0 Å². The quantitative estimate of drug-likeness (QED) is 0.0264. The molecule has 0 radical (unpaired) electrons. The highest BCUT2D eigenvalue weighted by Crippen LogP contribution is 2.38. The Labute approximate surface area is 314 Å². The van der Waals surface area contributed by atoms with Gasteiger partial charge in [0.25, 0.3) is 7.82 Å². The van der Waals surface area contributed by atoms with Gasteiger partial charge in [0.1, 0.15) is 19.8 Å². The van der Waals surface area contributed by atoms with E-state index in [4.69, 9.17) is 18.5 Å². The van der Waals surface area contributed by atoms with E-state index in [1.165, 1.54) is 128 Å². The molecule has 1 unspecified atom stereocenters. The molecule has 0 heterocycles. The number of quaternary nitrogens is 1. The highest BCUT2D eigenvalue weighted by atomic mass is 31.2. The van der Waals surface area contributed by atoms with Gasteiger partial charge in [-0.3, -0.25) is 14.2 Å². The van der Waals surface area contributed by atoms with E-state index in [0.29, 0.717) is 17.4 Å². The van der Waals surface area contributed by atoms with Crippen LogP contribution in [0.15, 0.2) is 0 Å². The average Bonchev–Trinajstić information content (AvgIpc) is 3.07. The summed E-state index contributed by atoms with van der Waals surface area (Å²) >= 11 is 0. The zero-order chi connectivity index (χ0) is 37.9. The normalized spacial score (nSPS) is 13.6. The molecule has 304 valence electrons. The minimum absolute atomic E-state index is 0.0262. The number of unbranched alkanes of at least 4 members (excludes halogenated alkanes) is 25. The largest absolute Gasteiger partial charge is 0.756 e. The first kappa shape index (κ1) is 50.0. The fourth-order valence-corrected chi connectivity index (χ4v) is 6.74. The van der Waals surface area contributed by atoms with Crippen molar-refractivity contribution < 1.29 is 42.1 Å². The van der Waals surface area contributed by atoms with Crippen LogP contribution in [0, 0.1) is 0 Å². The van der Waals surface area contributed by atoms with Crippen molar-refractivity contribution in [2.45, 2.75) is 206 Å². The maximum absolute atomic E-state index is 12.5. The average molecular weight is 748 g/mol. The zero-order valence-corrected chi connectivity index (χ0v) is 35.0. The molecule has 10 heteroatoms. The second-order valence-corrected chi connectivity index (χ2v) is 17.1. The lowest BCUT2D eigenvalue weighted by atomic mass is 10.0. The van der Waals surface area contributed by atoms with Crippen LogP contribution in [0.25, 0.3) is 0 Å². The van der Waals surface area contributed by atoms with Crippen LogP contribution < -0.4 is 4.89 Å². The monoisotopic (exact) mass is 748 g/mol. The lowest BCUT2D eigenvalue weighted by Crippen LogP contribution is -2.37. The highest BCUT2D eigenvalue weighted by molar-refractivity contribution is 7.45. The van der Waals surface area contributed by atoms with Crippen molar-refractivity contribution in [3.05, 3.63) is 0 Å². The number of carbonyl (C=O) groups is 2. The molecule has 0 aromatic carbocycles. The van der Waals surface area contributed by atoms with Crippen LogP contribution in [0.5, 0.6) is 0 Å². The van der Waals surface area contributed by atoms with Crippen LogP contribution in [0.3, 0.4) is 0 Å². The summed E-state index contributed by atoms with van der Waals surface area (Å²) in [6.45, 7) is 4.21. The lowest BCUT2D eigenvalue weighted by Gasteiger charge is -2.28. The molecule has 0 aliphatic carbocycles. The lowest BCUT2D eigenvalue weighted by molar-refractivity contribution is -0.870. The Bertz CT molecular complexity index is 850. The smallest absolute Gasteiger partial charge is 0.306 e. The summed E-state index contributed by atoms with van der Waals surface area (Å²) in [6.07, 6.45) is 32.9. The van der Waals surface area contributed by atoms with Crippen molar-refractivity contribution >= 4 is 19.8 Å². The number of phosphoric ester groups is 1. The third kappa shape index (κ3) is 38.5. The molecule has 0 saturated heterocycles. The summed E-state index contributed by atoms with van der Waals surface area (Å²) < 4.78 is 33.7. The first-order valence-corrected chi connectivity index (χ1v) is 22.7. The number of phosphoric acid groups is 1. The van der Waals surface area contributed by atoms with Crippen molar-refractivity contribution in [1.29, 1.82) is 0 Å². The SMILES string of the molecule is CCCCCCCCCCCCCCCCCCCCCC(=O)OC[C@@H](COP(=O)([O-])OCC[N+](C)(C)C)OC(=O)CCCCCCCCCC. The maximum Gasteiger partial charge on any atom is 0.306 e. The third-order valence-corrected chi connectivity index (χ3v) is 10.3. The first-order valence-electron chi connectivity index (χ1n) is 21.2. The molecule has 2 atom stereocenters. The molecule has 0 N–H and O–H groups in total. The molecule has 0 amide bonds. The molecule has 0 rings (SSSR count). The molecule has 0 aromatic rings. The minimum atomic E-state index is -4.61. The van der Waals surface area contributed by atoms with Gasteiger partial charge in [0.2, 0.25) is 0 Å². The van der Waals surface area contributed by atoms with Crippen molar-refractivity contribution in [2.24, 2.45) is 0 Å². The number of likely N-dealkylation sites (N-methyl/N-ethyl adjacent to an activating group) is 1. The van der Waals surface area contributed by atoms with E-state index in [-0.39, 0.29) is 32.0 Å². The summed E-state index contributed by atoms with van der Waals surface area (Å²) in [6, 6.07) is 0. The fraction of sp³-hybridized carbons (Fsp3) is 0.951. The van der Waals surface area contributed by atoms with E-state index in [1.54, 1.807) is 0 Å². The molecule has 0 saturated carbocycles. The van der Waals surface area contributed by atoms with E-state index < -0.39 is 26.5 Å². The molecule has 0 aromatic heterocycles. The Morgan fingerprint density at radius 2 is 0.882 bits per heavy atom. The van der Waals surface area contributed by atoms with Crippen LogP contribution in [0.2, 0.25) is 0 Å². The van der Waals surface area contributed by atoms with Gasteiger partial charge in [0, 0.05) is 12.8 Å². The Balaban J connectivity index is 4.19. The Kier molecular flexibility index (Phi) is 34.1. The maximum atomic E-state index is 12.5. The van der Waals surface area contributed by atoms with Crippen LogP contribution >= 0.6 is 7.82 Å².